The highest BCUT2D eigenvalue weighted by Crippen LogP contribution is 2.18. The summed E-state index contributed by atoms with van der Waals surface area (Å²) in [6.07, 6.45) is 1.19. The van der Waals surface area contributed by atoms with Crippen molar-refractivity contribution in [3.05, 3.63) is 34.9 Å². The molecule has 1 unspecified atom stereocenters. The van der Waals surface area contributed by atoms with E-state index < -0.39 is 0 Å². The van der Waals surface area contributed by atoms with E-state index in [1.165, 1.54) is 23.1 Å². The van der Waals surface area contributed by atoms with Gasteiger partial charge in [-0.15, -0.1) is 0 Å². The van der Waals surface area contributed by atoms with Crippen molar-refractivity contribution in [2.24, 2.45) is 5.73 Å². The SMILES string of the molecule is CCCN(CC)CC(N)c1cc(C)ccc1C. The first kappa shape index (κ1) is 14.2. The maximum absolute atomic E-state index is 6.33. The van der Waals surface area contributed by atoms with Crippen molar-refractivity contribution in [1.82, 2.24) is 4.90 Å². The Morgan fingerprint density at radius 3 is 2.53 bits per heavy atom. The molecule has 0 aromatic heterocycles. The first-order valence-corrected chi connectivity index (χ1v) is 6.63. The maximum atomic E-state index is 6.33. The third-order valence-electron chi connectivity index (χ3n) is 3.28. The van der Waals surface area contributed by atoms with Gasteiger partial charge in [0.15, 0.2) is 0 Å². The van der Waals surface area contributed by atoms with Crippen LogP contribution in [0.1, 0.15) is 43.0 Å². The minimum Gasteiger partial charge on any atom is -0.323 e. The molecule has 2 N–H and O–H groups in total. The van der Waals surface area contributed by atoms with Gasteiger partial charge in [-0.3, -0.25) is 0 Å². The fourth-order valence-corrected chi connectivity index (χ4v) is 2.23. The lowest BCUT2D eigenvalue weighted by molar-refractivity contribution is 0.271. The Labute approximate surface area is 106 Å². The molecule has 1 aromatic rings. The van der Waals surface area contributed by atoms with E-state index in [9.17, 15) is 0 Å². The Morgan fingerprint density at radius 1 is 1.24 bits per heavy atom. The molecule has 17 heavy (non-hydrogen) atoms. The minimum absolute atomic E-state index is 0.126. The van der Waals surface area contributed by atoms with Crippen molar-refractivity contribution < 1.29 is 0 Å². The van der Waals surface area contributed by atoms with Gasteiger partial charge in [-0.25, -0.2) is 0 Å². The molecule has 96 valence electrons. The third kappa shape index (κ3) is 4.14. The van der Waals surface area contributed by atoms with Crippen LogP contribution in [-0.2, 0) is 0 Å². The second-order valence-corrected chi connectivity index (χ2v) is 4.86. The van der Waals surface area contributed by atoms with Gasteiger partial charge >= 0.3 is 0 Å². The van der Waals surface area contributed by atoms with Crippen LogP contribution in [0, 0.1) is 13.8 Å². The van der Waals surface area contributed by atoms with E-state index in [2.05, 4.69) is 50.8 Å². The van der Waals surface area contributed by atoms with Gasteiger partial charge in [0.25, 0.3) is 0 Å². The molecular formula is C15H26N2. The van der Waals surface area contributed by atoms with Crippen LogP contribution in [0.15, 0.2) is 18.2 Å². The number of nitrogens with zero attached hydrogens (tertiary/aromatic N) is 1. The second-order valence-electron chi connectivity index (χ2n) is 4.86. The molecule has 0 aliphatic carbocycles. The van der Waals surface area contributed by atoms with Crippen molar-refractivity contribution >= 4 is 0 Å². The predicted molar refractivity (Wildman–Crippen MR) is 75.2 cm³/mol. The minimum atomic E-state index is 0.126. The van der Waals surface area contributed by atoms with Crippen molar-refractivity contribution in [3.63, 3.8) is 0 Å². The standard InChI is InChI=1S/C15H26N2/c1-5-9-17(6-2)11-15(16)14-10-12(3)7-8-13(14)4/h7-8,10,15H,5-6,9,11,16H2,1-4H3. The Morgan fingerprint density at radius 2 is 1.94 bits per heavy atom. The molecule has 0 saturated carbocycles. The summed E-state index contributed by atoms with van der Waals surface area (Å²) in [5, 5.41) is 0. The Bertz CT molecular complexity index is 347. The lowest BCUT2D eigenvalue weighted by Gasteiger charge is -2.25. The van der Waals surface area contributed by atoms with Crippen LogP contribution < -0.4 is 5.73 Å². The first-order chi connectivity index (χ1) is 8.08. The average molecular weight is 234 g/mol. The highest BCUT2D eigenvalue weighted by molar-refractivity contribution is 5.32. The van der Waals surface area contributed by atoms with Crippen LogP contribution in [0.3, 0.4) is 0 Å². The summed E-state index contributed by atoms with van der Waals surface area (Å²) in [7, 11) is 0. The van der Waals surface area contributed by atoms with Gasteiger partial charge < -0.3 is 10.6 Å². The van der Waals surface area contributed by atoms with Crippen LogP contribution in [0.4, 0.5) is 0 Å². The zero-order chi connectivity index (χ0) is 12.8. The summed E-state index contributed by atoms with van der Waals surface area (Å²) < 4.78 is 0. The quantitative estimate of drug-likeness (QED) is 0.819. The summed E-state index contributed by atoms with van der Waals surface area (Å²) in [6, 6.07) is 6.66. The van der Waals surface area contributed by atoms with Gasteiger partial charge in [-0.2, -0.15) is 0 Å². The van der Waals surface area contributed by atoms with E-state index in [4.69, 9.17) is 5.73 Å². The molecule has 0 saturated heterocycles. The monoisotopic (exact) mass is 234 g/mol. The molecule has 2 nitrogen and oxygen atoms in total. The number of likely N-dealkylation sites (N-methyl/N-ethyl adjacent to an activating group) is 1. The topological polar surface area (TPSA) is 29.3 Å². The number of hydrogen-bond acceptors (Lipinski definition) is 2. The van der Waals surface area contributed by atoms with Crippen molar-refractivity contribution in [3.8, 4) is 0 Å². The first-order valence-electron chi connectivity index (χ1n) is 6.63. The smallest absolute Gasteiger partial charge is 0.0427 e. The van der Waals surface area contributed by atoms with Gasteiger partial charge in [0.2, 0.25) is 0 Å². The summed E-state index contributed by atoms with van der Waals surface area (Å²) in [5.74, 6) is 0. The van der Waals surface area contributed by atoms with E-state index >= 15 is 0 Å². The van der Waals surface area contributed by atoms with E-state index in [-0.39, 0.29) is 6.04 Å². The number of benzene rings is 1. The van der Waals surface area contributed by atoms with Crippen molar-refractivity contribution in [2.45, 2.75) is 40.2 Å². The van der Waals surface area contributed by atoms with Crippen LogP contribution in [-0.4, -0.2) is 24.5 Å². The van der Waals surface area contributed by atoms with Crippen LogP contribution in [0.5, 0.6) is 0 Å². The molecule has 1 atom stereocenters. The largest absolute Gasteiger partial charge is 0.323 e. The van der Waals surface area contributed by atoms with Crippen LogP contribution in [0.25, 0.3) is 0 Å². The Hall–Kier alpha value is -0.860. The summed E-state index contributed by atoms with van der Waals surface area (Å²) in [5.41, 5.74) is 10.2. The lowest BCUT2D eigenvalue weighted by Crippen LogP contribution is -2.33. The molecule has 1 aromatic carbocycles. The molecule has 0 spiro atoms. The number of hydrogen-bond donors (Lipinski definition) is 1. The summed E-state index contributed by atoms with van der Waals surface area (Å²) in [6.45, 7) is 11.8. The molecule has 0 bridgehead atoms. The third-order valence-corrected chi connectivity index (χ3v) is 3.28. The Balaban J connectivity index is 2.74. The average Bonchev–Trinajstić information content (AvgIpc) is 2.31. The number of rotatable bonds is 6. The van der Waals surface area contributed by atoms with E-state index in [0.29, 0.717) is 0 Å². The van der Waals surface area contributed by atoms with Crippen LogP contribution >= 0.6 is 0 Å². The summed E-state index contributed by atoms with van der Waals surface area (Å²) in [4.78, 5) is 2.42. The fraction of sp³-hybridized carbons (Fsp3) is 0.600. The van der Waals surface area contributed by atoms with E-state index in [0.717, 1.165) is 19.6 Å². The molecule has 0 radical (unpaired) electrons. The number of nitrogens with two attached hydrogens (primary N) is 1. The molecule has 2 heteroatoms. The van der Waals surface area contributed by atoms with Crippen molar-refractivity contribution in [2.75, 3.05) is 19.6 Å². The van der Waals surface area contributed by atoms with E-state index in [1.807, 2.05) is 0 Å². The van der Waals surface area contributed by atoms with Gasteiger partial charge in [0.05, 0.1) is 0 Å². The lowest BCUT2D eigenvalue weighted by atomic mass is 9.99. The van der Waals surface area contributed by atoms with Gasteiger partial charge in [-0.05, 0) is 44.5 Å². The molecule has 0 heterocycles. The van der Waals surface area contributed by atoms with E-state index in [1.54, 1.807) is 0 Å². The highest BCUT2D eigenvalue weighted by Gasteiger charge is 2.12. The van der Waals surface area contributed by atoms with Gasteiger partial charge in [-0.1, -0.05) is 37.6 Å². The summed E-state index contributed by atoms with van der Waals surface area (Å²) >= 11 is 0. The highest BCUT2D eigenvalue weighted by atomic mass is 15.1. The molecular weight excluding hydrogens is 208 g/mol. The molecule has 0 fully saturated rings. The zero-order valence-electron chi connectivity index (χ0n) is 11.7. The Kier molecular flexibility index (Phi) is 5.66. The maximum Gasteiger partial charge on any atom is 0.0427 e. The predicted octanol–water partition coefficient (Wildman–Crippen LogP) is 3.04. The van der Waals surface area contributed by atoms with Crippen LogP contribution in [0.2, 0.25) is 0 Å². The van der Waals surface area contributed by atoms with Gasteiger partial charge in [0.1, 0.15) is 0 Å². The molecule has 1 rings (SSSR count). The van der Waals surface area contributed by atoms with Gasteiger partial charge in [0, 0.05) is 12.6 Å². The molecule has 0 aliphatic heterocycles. The zero-order valence-corrected chi connectivity index (χ0v) is 11.7. The fourth-order valence-electron chi connectivity index (χ4n) is 2.23. The molecule has 0 amide bonds. The molecule has 0 aliphatic rings. The normalized spacial score (nSPS) is 13.1. The second kappa shape index (κ2) is 6.77. The van der Waals surface area contributed by atoms with Crippen molar-refractivity contribution in [1.29, 1.82) is 0 Å². The number of aryl methyl sites for hydroxylation is 2.